The first kappa shape index (κ1) is 22.1. The molecular weight excluding hydrogens is 446 g/mol. The average molecular weight is 460 g/mol. The van der Waals surface area contributed by atoms with Gasteiger partial charge in [-0.1, -0.05) is 46.4 Å². The van der Waals surface area contributed by atoms with Gasteiger partial charge in [0.25, 0.3) is 5.91 Å². The van der Waals surface area contributed by atoms with Gasteiger partial charge in [0.05, 0.1) is 11.9 Å². The first-order chi connectivity index (χ1) is 13.1. The number of aliphatic imine (C=N–C) groups is 1. The molecule has 0 aliphatic heterocycles. The fourth-order valence-corrected chi connectivity index (χ4v) is 2.63. The number of guanidine groups is 1. The molecule has 1 aromatic heterocycles. The molecule has 28 heavy (non-hydrogen) atoms. The van der Waals surface area contributed by atoms with Crippen molar-refractivity contribution < 1.29 is 4.79 Å². The number of halogens is 4. The van der Waals surface area contributed by atoms with Crippen molar-refractivity contribution in [3.8, 4) is 6.19 Å². The summed E-state index contributed by atoms with van der Waals surface area (Å²) in [5, 5.41) is 12.9. The second-order valence-corrected chi connectivity index (χ2v) is 8.21. The highest BCUT2D eigenvalue weighted by Crippen LogP contribution is 2.27. The number of amides is 1. The van der Waals surface area contributed by atoms with Gasteiger partial charge in [0.1, 0.15) is 5.15 Å². The summed E-state index contributed by atoms with van der Waals surface area (Å²) in [5.74, 6) is -0.782. The third-order valence-electron chi connectivity index (χ3n) is 3.42. The molecule has 11 heteroatoms. The summed E-state index contributed by atoms with van der Waals surface area (Å²) in [7, 11) is 0. The van der Waals surface area contributed by atoms with Crippen LogP contribution in [0, 0.1) is 11.5 Å². The lowest BCUT2D eigenvalue weighted by Crippen LogP contribution is -2.58. The van der Waals surface area contributed by atoms with Gasteiger partial charge in [0.2, 0.25) is 5.96 Å². The molecule has 0 fully saturated rings. The number of carbonyl (C=O) groups excluding carboxylic acids is 1. The zero-order valence-electron chi connectivity index (χ0n) is 14.4. The first-order valence-corrected chi connectivity index (χ1v) is 9.22. The van der Waals surface area contributed by atoms with E-state index in [1.54, 1.807) is 18.2 Å². The van der Waals surface area contributed by atoms with Crippen LogP contribution in [0.4, 0.5) is 5.69 Å². The van der Waals surface area contributed by atoms with E-state index < -0.39 is 16.4 Å². The van der Waals surface area contributed by atoms with E-state index in [2.05, 4.69) is 15.3 Å². The van der Waals surface area contributed by atoms with E-state index in [4.69, 9.17) is 52.1 Å². The minimum absolute atomic E-state index is 0.249. The van der Waals surface area contributed by atoms with Crippen molar-refractivity contribution in [2.24, 2.45) is 10.7 Å². The summed E-state index contributed by atoms with van der Waals surface area (Å²) >= 11 is 23.9. The predicted molar refractivity (Wildman–Crippen MR) is 111 cm³/mol. The van der Waals surface area contributed by atoms with Crippen molar-refractivity contribution in [2.75, 3.05) is 0 Å². The number of benzene rings is 1. The second-order valence-electron chi connectivity index (χ2n) is 5.62. The number of nitrogens with one attached hydrogen (secondary N) is 1. The second kappa shape index (κ2) is 9.30. The molecule has 0 aliphatic carbocycles. The van der Waals surface area contributed by atoms with Crippen LogP contribution in [0.3, 0.4) is 0 Å². The minimum Gasteiger partial charge on any atom is -0.369 e. The number of nitriles is 1. The van der Waals surface area contributed by atoms with Gasteiger partial charge in [0, 0.05) is 10.6 Å². The van der Waals surface area contributed by atoms with E-state index >= 15 is 0 Å². The van der Waals surface area contributed by atoms with E-state index in [0.717, 1.165) is 4.90 Å². The molecule has 146 valence electrons. The molecule has 0 radical (unpaired) electrons. The van der Waals surface area contributed by atoms with Crippen LogP contribution >= 0.6 is 46.4 Å². The van der Waals surface area contributed by atoms with Crippen LogP contribution in [0.1, 0.15) is 17.3 Å². The number of alkyl halides is 2. The van der Waals surface area contributed by atoms with Crippen molar-refractivity contribution in [1.29, 1.82) is 5.26 Å². The molecule has 1 atom stereocenters. The Balaban J connectivity index is 2.31. The third-order valence-corrected chi connectivity index (χ3v) is 4.31. The molecule has 7 nitrogen and oxygen atoms in total. The molecule has 0 bridgehead atoms. The number of rotatable bonds is 5. The Kier molecular flexibility index (Phi) is 7.33. The Hall–Kier alpha value is -2.24. The fraction of sp³-hybridized carbons (Fsp3) is 0.176. The monoisotopic (exact) mass is 458 g/mol. The van der Waals surface area contributed by atoms with Gasteiger partial charge < -0.3 is 11.1 Å². The smallest absolute Gasteiger partial charge is 0.252 e. The Bertz CT molecular complexity index is 903. The predicted octanol–water partition coefficient (Wildman–Crippen LogP) is 4.07. The highest BCUT2D eigenvalue weighted by Gasteiger charge is 2.38. The quantitative estimate of drug-likeness (QED) is 0.133. The van der Waals surface area contributed by atoms with Gasteiger partial charge in [-0.2, -0.15) is 5.26 Å². The summed E-state index contributed by atoms with van der Waals surface area (Å²) in [4.78, 5) is 21.4. The SMILES string of the molecule is CC(Cl)(Cl)C(NC(=O)c1ccc(Cl)cc1)N(C#N)C(N)=Nc1ccc(Cl)nc1. The van der Waals surface area contributed by atoms with E-state index in [0.29, 0.717) is 16.3 Å². The number of carbonyl (C=O) groups is 1. The molecule has 1 unspecified atom stereocenters. The van der Waals surface area contributed by atoms with Crippen LogP contribution in [0.15, 0.2) is 47.6 Å². The Morgan fingerprint density at radius 2 is 1.93 bits per heavy atom. The minimum atomic E-state index is -1.59. The first-order valence-electron chi connectivity index (χ1n) is 7.70. The lowest BCUT2D eigenvalue weighted by molar-refractivity contribution is 0.0909. The van der Waals surface area contributed by atoms with Crippen LogP contribution in [0.2, 0.25) is 10.2 Å². The molecule has 1 aromatic carbocycles. The largest absolute Gasteiger partial charge is 0.369 e. The molecule has 1 amide bonds. The number of hydrogen-bond acceptors (Lipinski definition) is 4. The Morgan fingerprint density at radius 1 is 1.29 bits per heavy atom. The summed E-state index contributed by atoms with van der Waals surface area (Å²) < 4.78 is -1.59. The normalized spacial score (nSPS) is 12.8. The van der Waals surface area contributed by atoms with E-state index in [1.165, 1.54) is 31.3 Å². The third kappa shape index (κ3) is 5.88. The molecular formula is C17H14Cl4N6O. The molecule has 0 spiro atoms. The zero-order valence-corrected chi connectivity index (χ0v) is 17.4. The number of pyridine rings is 1. The average Bonchev–Trinajstić information content (AvgIpc) is 2.63. The summed E-state index contributed by atoms with van der Waals surface area (Å²) in [5.41, 5.74) is 6.57. The maximum absolute atomic E-state index is 12.5. The van der Waals surface area contributed by atoms with Gasteiger partial charge in [-0.25, -0.2) is 14.9 Å². The van der Waals surface area contributed by atoms with Gasteiger partial charge in [-0.3, -0.25) is 4.79 Å². The van der Waals surface area contributed by atoms with Crippen molar-refractivity contribution >= 4 is 64.0 Å². The van der Waals surface area contributed by atoms with Gasteiger partial charge >= 0.3 is 0 Å². The highest BCUT2D eigenvalue weighted by atomic mass is 35.5. The van der Waals surface area contributed by atoms with Gasteiger partial charge in [-0.15, -0.1) is 0 Å². The van der Waals surface area contributed by atoms with E-state index in [-0.39, 0.29) is 11.1 Å². The maximum Gasteiger partial charge on any atom is 0.252 e. The molecule has 3 N–H and O–H groups in total. The Morgan fingerprint density at radius 3 is 2.43 bits per heavy atom. The van der Waals surface area contributed by atoms with Crippen LogP contribution < -0.4 is 11.1 Å². The maximum atomic E-state index is 12.5. The molecule has 2 aromatic rings. The molecule has 0 saturated heterocycles. The Labute approximate surface area is 181 Å². The zero-order chi connectivity index (χ0) is 20.9. The molecule has 1 heterocycles. The number of nitrogens with zero attached hydrogens (tertiary/aromatic N) is 4. The summed E-state index contributed by atoms with van der Waals surface area (Å²) in [6, 6.07) is 9.20. The van der Waals surface area contributed by atoms with Crippen molar-refractivity contribution in [2.45, 2.75) is 17.4 Å². The standard InChI is InChI=1S/C17H14Cl4N6O/c1-17(20,21)15(26-14(28)10-2-4-11(18)5-3-10)27(9-22)16(23)25-12-6-7-13(19)24-8-12/h2-8,15H,1H3,(H2,23,25)(H,26,28). The number of aromatic nitrogens is 1. The van der Waals surface area contributed by atoms with Crippen LogP contribution in [-0.2, 0) is 0 Å². The van der Waals surface area contributed by atoms with Gasteiger partial charge in [0.15, 0.2) is 16.7 Å². The number of nitrogens with two attached hydrogens (primary N) is 1. The van der Waals surface area contributed by atoms with Crippen molar-refractivity contribution in [3.63, 3.8) is 0 Å². The van der Waals surface area contributed by atoms with Gasteiger partial charge in [-0.05, 0) is 43.3 Å². The fourth-order valence-electron chi connectivity index (χ4n) is 2.09. The summed E-state index contributed by atoms with van der Waals surface area (Å²) in [6.45, 7) is 1.41. The van der Waals surface area contributed by atoms with Crippen LogP contribution in [-0.4, -0.2) is 32.2 Å². The number of hydrogen-bond donors (Lipinski definition) is 2. The van der Waals surface area contributed by atoms with Crippen LogP contribution in [0.25, 0.3) is 0 Å². The summed E-state index contributed by atoms with van der Waals surface area (Å²) in [6.07, 6.45) is 1.99. The lowest BCUT2D eigenvalue weighted by atomic mass is 10.2. The van der Waals surface area contributed by atoms with Crippen LogP contribution in [0.5, 0.6) is 0 Å². The lowest BCUT2D eigenvalue weighted by Gasteiger charge is -2.33. The van der Waals surface area contributed by atoms with Crippen molar-refractivity contribution in [1.82, 2.24) is 15.2 Å². The topological polar surface area (TPSA) is 107 Å². The van der Waals surface area contributed by atoms with E-state index in [9.17, 15) is 10.1 Å². The van der Waals surface area contributed by atoms with E-state index in [1.807, 2.05) is 6.19 Å². The molecule has 2 rings (SSSR count). The van der Waals surface area contributed by atoms with Crippen molar-refractivity contribution in [3.05, 3.63) is 58.3 Å². The highest BCUT2D eigenvalue weighted by molar-refractivity contribution is 6.48. The molecule has 0 aliphatic rings. The molecule has 0 saturated carbocycles.